The van der Waals surface area contributed by atoms with Crippen LogP contribution in [0.2, 0.25) is 0 Å². The molecule has 1 heterocycles. The number of nitrogens with one attached hydrogen (secondary N) is 2. The number of carbonyl (C=O) groups is 2. The van der Waals surface area contributed by atoms with E-state index in [2.05, 4.69) is 10.6 Å². The lowest BCUT2D eigenvalue weighted by atomic mass is 10.0. The van der Waals surface area contributed by atoms with E-state index in [9.17, 15) is 9.59 Å². The van der Waals surface area contributed by atoms with Gasteiger partial charge in [-0.2, -0.15) is 0 Å². The van der Waals surface area contributed by atoms with Gasteiger partial charge in [0.1, 0.15) is 12.1 Å². The molecule has 0 bridgehead atoms. The molecule has 1 fully saturated rings. The molecule has 1 saturated heterocycles. The van der Waals surface area contributed by atoms with Crippen LogP contribution >= 0.6 is 0 Å². The molecule has 2 amide bonds. The molecular weight excluding hydrogens is 284 g/mol. The zero-order chi connectivity index (χ0) is 16.5. The van der Waals surface area contributed by atoms with Crippen molar-refractivity contribution in [3.05, 3.63) is 0 Å². The highest BCUT2D eigenvalue weighted by atomic mass is 16.5. The van der Waals surface area contributed by atoms with E-state index in [1.807, 2.05) is 13.8 Å². The third-order valence-electron chi connectivity index (χ3n) is 3.76. The van der Waals surface area contributed by atoms with Crippen molar-refractivity contribution >= 4 is 11.8 Å². The van der Waals surface area contributed by atoms with Gasteiger partial charge in [-0.15, -0.1) is 0 Å². The largest absolute Gasteiger partial charge is 0.376 e. The minimum absolute atomic E-state index is 0.0781. The van der Waals surface area contributed by atoms with Gasteiger partial charge in [0.15, 0.2) is 0 Å². The third kappa shape index (κ3) is 6.75. The summed E-state index contributed by atoms with van der Waals surface area (Å²) in [6.07, 6.45) is 3.29. The second kappa shape index (κ2) is 9.79. The number of rotatable bonds is 8. The van der Waals surface area contributed by atoms with Crippen molar-refractivity contribution in [1.29, 1.82) is 0 Å². The summed E-state index contributed by atoms with van der Waals surface area (Å²) >= 11 is 0. The van der Waals surface area contributed by atoms with Gasteiger partial charge < -0.3 is 20.1 Å². The maximum atomic E-state index is 12.2. The maximum Gasteiger partial charge on any atom is 0.249 e. The Morgan fingerprint density at radius 3 is 2.50 bits per heavy atom. The number of ether oxygens (including phenoxy) is 2. The molecule has 0 saturated carbocycles. The highest BCUT2D eigenvalue weighted by Gasteiger charge is 2.24. The van der Waals surface area contributed by atoms with Gasteiger partial charge in [0, 0.05) is 13.7 Å². The number of hydrogen-bond donors (Lipinski definition) is 2. The third-order valence-corrected chi connectivity index (χ3v) is 3.76. The maximum absolute atomic E-state index is 12.2. The average Bonchev–Trinajstić information content (AvgIpc) is 2.51. The summed E-state index contributed by atoms with van der Waals surface area (Å²) in [6, 6.07) is -0.519. The Labute approximate surface area is 133 Å². The molecule has 1 aliphatic heterocycles. The lowest BCUT2D eigenvalue weighted by Crippen LogP contribution is -2.49. The van der Waals surface area contributed by atoms with E-state index >= 15 is 0 Å². The summed E-state index contributed by atoms with van der Waals surface area (Å²) in [5.74, 6) is -0.121. The van der Waals surface area contributed by atoms with E-state index < -0.39 is 12.1 Å². The van der Waals surface area contributed by atoms with Crippen molar-refractivity contribution in [1.82, 2.24) is 10.6 Å². The first-order valence-corrected chi connectivity index (χ1v) is 8.19. The van der Waals surface area contributed by atoms with Gasteiger partial charge in [0.25, 0.3) is 0 Å². The fourth-order valence-corrected chi connectivity index (χ4v) is 2.43. The van der Waals surface area contributed by atoms with Gasteiger partial charge in [0.05, 0.1) is 12.7 Å². The average molecular weight is 314 g/mol. The van der Waals surface area contributed by atoms with Gasteiger partial charge in [0.2, 0.25) is 11.8 Å². The standard InChI is InChI=1S/C16H30N2O4/c1-11(2)9-14(16(20)17-4)18-15(19)12(3)22-10-13-7-5-6-8-21-13/h11-14H,5-10H2,1-4H3,(H,17,20)(H,18,19). The molecule has 0 aromatic rings. The highest BCUT2D eigenvalue weighted by Crippen LogP contribution is 2.13. The molecule has 3 unspecified atom stereocenters. The second-order valence-electron chi connectivity index (χ2n) is 6.27. The van der Waals surface area contributed by atoms with Crippen LogP contribution in [0.15, 0.2) is 0 Å². The molecule has 0 spiro atoms. The van der Waals surface area contributed by atoms with Crippen LogP contribution in [0.3, 0.4) is 0 Å². The minimum atomic E-state index is -0.593. The van der Waals surface area contributed by atoms with Crippen LogP contribution < -0.4 is 10.6 Å². The Bertz CT molecular complexity index is 354. The van der Waals surface area contributed by atoms with Crippen molar-refractivity contribution in [3.63, 3.8) is 0 Å². The Morgan fingerprint density at radius 1 is 1.23 bits per heavy atom. The summed E-state index contributed by atoms with van der Waals surface area (Å²) in [4.78, 5) is 24.0. The Kier molecular flexibility index (Phi) is 8.42. The topological polar surface area (TPSA) is 76.7 Å². The van der Waals surface area contributed by atoms with Crippen LogP contribution in [0, 0.1) is 5.92 Å². The monoisotopic (exact) mass is 314 g/mol. The molecule has 0 radical (unpaired) electrons. The number of likely N-dealkylation sites (N-methyl/N-ethyl adjacent to an activating group) is 1. The van der Waals surface area contributed by atoms with Crippen molar-refractivity contribution in [2.45, 2.75) is 64.7 Å². The quantitative estimate of drug-likeness (QED) is 0.707. The molecule has 2 N–H and O–H groups in total. The Hall–Kier alpha value is -1.14. The molecule has 0 aromatic heterocycles. The Morgan fingerprint density at radius 2 is 1.95 bits per heavy atom. The van der Waals surface area contributed by atoms with Crippen molar-refractivity contribution < 1.29 is 19.1 Å². The van der Waals surface area contributed by atoms with Crippen LogP contribution in [-0.4, -0.2) is 50.3 Å². The van der Waals surface area contributed by atoms with Crippen LogP contribution in [-0.2, 0) is 19.1 Å². The highest BCUT2D eigenvalue weighted by molar-refractivity contribution is 5.89. The fourth-order valence-electron chi connectivity index (χ4n) is 2.43. The Balaban J connectivity index is 2.40. The summed E-state index contributed by atoms with van der Waals surface area (Å²) in [6.45, 7) is 6.92. The molecule has 3 atom stereocenters. The lowest BCUT2D eigenvalue weighted by molar-refractivity contribution is -0.139. The van der Waals surface area contributed by atoms with Gasteiger partial charge in [-0.3, -0.25) is 9.59 Å². The number of carbonyl (C=O) groups excluding carboxylic acids is 2. The van der Waals surface area contributed by atoms with Crippen LogP contribution in [0.25, 0.3) is 0 Å². The fraction of sp³-hybridized carbons (Fsp3) is 0.875. The predicted molar refractivity (Wildman–Crippen MR) is 84.5 cm³/mol. The molecule has 22 heavy (non-hydrogen) atoms. The lowest BCUT2D eigenvalue weighted by Gasteiger charge is -2.25. The SMILES string of the molecule is CNC(=O)C(CC(C)C)NC(=O)C(C)OCC1CCCCO1. The van der Waals surface area contributed by atoms with E-state index in [0.29, 0.717) is 18.9 Å². The van der Waals surface area contributed by atoms with Crippen LogP contribution in [0.4, 0.5) is 0 Å². The molecule has 128 valence electrons. The first-order chi connectivity index (χ1) is 10.4. The normalized spacial score (nSPS) is 21.2. The van der Waals surface area contributed by atoms with E-state index in [4.69, 9.17) is 9.47 Å². The van der Waals surface area contributed by atoms with Crippen molar-refractivity contribution in [3.8, 4) is 0 Å². The van der Waals surface area contributed by atoms with Gasteiger partial charge in [-0.05, 0) is 38.5 Å². The summed E-state index contributed by atoms with van der Waals surface area (Å²) in [7, 11) is 1.57. The van der Waals surface area contributed by atoms with Gasteiger partial charge in [-0.25, -0.2) is 0 Å². The zero-order valence-electron chi connectivity index (χ0n) is 14.2. The van der Waals surface area contributed by atoms with E-state index in [1.165, 1.54) is 0 Å². The zero-order valence-corrected chi connectivity index (χ0v) is 14.2. The minimum Gasteiger partial charge on any atom is -0.376 e. The molecule has 1 rings (SSSR count). The smallest absolute Gasteiger partial charge is 0.249 e. The van der Waals surface area contributed by atoms with Crippen molar-refractivity contribution in [2.24, 2.45) is 5.92 Å². The molecular formula is C16H30N2O4. The number of amides is 2. The first-order valence-electron chi connectivity index (χ1n) is 8.19. The van der Waals surface area contributed by atoms with E-state index in [1.54, 1.807) is 14.0 Å². The van der Waals surface area contributed by atoms with Gasteiger partial charge in [-0.1, -0.05) is 13.8 Å². The molecule has 0 aliphatic carbocycles. The first kappa shape index (κ1) is 18.9. The van der Waals surface area contributed by atoms with Crippen molar-refractivity contribution in [2.75, 3.05) is 20.3 Å². The molecule has 6 nitrogen and oxygen atoms in total. The summed E-state index contributed by atoms with van der Waals surface area (Å²) in [5.41, 5.74) is 0. The second-order valence-corrected chi connectivity index (χ2v) is 6.27. The molecule has 6 heteroatoms. The van der Waals surface area contributed by atoms with Crippen LogP contribution in [0.5, 0.6) is 0 Å². The van der Waals surface area contributed by atoms with E-state index in [0.717, 1.165) is 25.9 Å². The summed E-state index contributed by atoms with van der Waals surface area (Å²) < 4.78 is 11.2. The molecule has 1 aliphatic rings. The molecule has 0 aromatic carbocycles. The van der Waals surface area contributed by atoms with Gasteiger partial charge >= 0.3 is 0 Å². The van der Waals surface area contributed by atoms with E-state index in [-0.39, 0.29) is 17.9 Å². The predicted octanol–water partition coefficient (Wildman–Crippen LogP) is 1.24. The van der Waals surface area contributed by atoms with Crippen LogP contribution in [0.1, 0.15) is 46.5 Å². The number of hydrogen-bond acceptors (Lipinski definition) is 4. The summed E-state index contributed by atoms with van der Waals surface area (Å²) in [5, 5.41) is 5.35.